The minimum atomic E-state index is -3.79. The fourth-order valence-electron chi connectivity index (χ4n) is 2.05. The van der Waals surface area contributed by atoms with Gasteiger partial charge in [0.25, 0.3) is 0 Å². The highest BCUT2D eigenvalue weighted by molar-refractivity contribution is 7.51. The average molecular weight is 310 g/mol. The highest BCUT2D eigenvalue weighted by Crippen LogP contribution is 2.47. The molecule has 0 aliphatic rings. The van der Waals surface area contributed by atoms with Crippen molar-refractivity contribution in [1.82, 2.24) is 0 Å². The third-order valence-electron chi connectivity index (χ3n) is 3.12. The van der Waals surface area contributed by atoms with Crippen LogP contribution in [0.15, 0.2) is 42.5 Å². The molecule has 0 aliphatic heterocycles. The standard InChI is InChI=1S/C15H16FO4P/c1-19-15-9-13(11-6-4-3-5-7-11)12(8-14(15)16)10-21(17,18)20-2/h3-9H,10H2,1-2H3,(H,17,18). The molecule has 0 saturated heterocycles. The van der Waals surface area contributed by atoms with E-state index in [-0.39, 0.29) is 11.9 Å². The van der Waals surface area contributed by atoms with Crippen molar-refractivity contribution in [2.75, 3.05) is 14.2 Å². The van der Waals surface area contributed by atoms with E-state index >= 15 is 0 Å². The van der Waals surface area contributed by atoms with Crippen LogP contribution in [0.5, 0.6) is 5.75 Å². The molecule has 21 heavy (non-hydrogen) atoms. The van der Waals surface area contributed by atoms with Crippen LogP contribution in [-0.4, -0.2) is 19.1 Å². The first-order chi connectivity index (χ1) is 9.96. The summed E-state index contributed by atoms with van der Waals surface area (Å²) in [5, 5.41) is 0. The SMILES string of the molecule is COc1cc(-c2ccccc2)c(CP(=O)(O)OC)cc1F. The second-order valence-electron chi connectivity index (χ2n) is 4.49. The molecule has 0 radical (unpaired) electrons. The molecule has 6 heteroatoms. The van der Waals surface area contributed by atoms with Crippen molar-refractivity contribution in [3.8, 4) is 16.9 Å². The van der Waals surface area contributed by atoms with Crippen molar-refractivity contribution in [2.45, 2.75) is 6.16 Å². The quantitative estimate of drug-likeness (QED) is 0.853. The van der Waals surface area contributed by atoms with Crippen LogP contribution in [0.1, 0.15) is 5.56 Å². The number of benzene rings is 2. The van der Waals surface area contributed by atoms with Gasteiger partial charge >= 0.3 is 7.60 Å². The number of halogens is 1. The Morgan fingerprint density at radius 3 is 2.43 bits per heavy atom. The highest BCUT2D eigenvalue weighted by Gasteiger charge is 2.22. The number of ether oxygens (including phenoxy) is 1. The topological polar surface area (TPSA) is 55.8 Å². The average Bonchev–Trinajstić information content (AvgIpc) is 2.48. The smallest absolute Gasteiger partial charge is 0.332 e. The van der Waals surface area contributed by atoms with E-state index in [0.29, 0.717) is 11.1 Å². The van der Waals surface area contributed by atoms with Crippen molar-refractivity contribution in [1.29, 1.82) is 0 Å². The Morgan fingerprint density at radius 2 is 1.86 bits per heavy atom. The first-order valence-corrected chi connectivity index (χ1v) is 8.02. The number of hydrogen-bond acceptors (Lipinski definition) is 3. The van der Waals surface area contributed by atoms with Gasteiger partial charge in [-0.1, -0.05) is 30.3 Å². The minimum Gasteiger partial charge on any atom is -0.494 e. The van der Waals surface area contributed by atoms with Gasteiger partial charge in [0.2, 0.25) is 0 Å². The molecule has 0 amide bonds. The van der Waals surface area contributed by atoms with Crippen molar-refractivity contribution in [3.05, 3.63) is 53.8 Å². The van der Waals surface area contributed by atoms with Crippen LogP contribution in [0, 0.1) is 5.82 Å². The maximum atomic E-state index is 13.9. The Kier molecular flexibility index (Phi) is 4.78. The molecule has 0 aliphatic carbocycles. The molecule has 0 heterocycles. The Bertz CT molecular complexity index is 673. The van der Waals surface area contributed by atoms with Gasteiger partial charge < -0.3 is 14.2 Å². The number of hydrogen-bond donors (Lipinski definition) is 1. The van der Waals surface area contributed by atoms with E-state index in [1.807, 2.05) is 30.3 Å². The molecule has 1 unspecified atom stereocenters. The van der Waals surface area contributed by atoms with Crippen LogP contribution < -0.4 is 4.74 Å². The van der Waals surface area contributed by atoms with Gasteiger partial charge in [-0.3, -0.25) is 4.57 Å². The summed E-state index contributed by atoms with van der Waals surface area (Å²) in [5.41, 5.74) is 1.84. The van der Waals surface area contributed by atoms with Crippen LogP contribution in [0.4, 0.5) is 4.39 Å². The Hall–Kier alpha value is -1.68. The summed E-state index contributed by atoms with van der Waals surface area (Å²) < 4.78 is 35.2. The highest BCUT2D eigenvalue weighted by atomic mass is 31.2. The van der Waals surface area contributed by atoms with E-state index in [0.717, 1.165) is 12.7 Å². The molecule has 2 aromatic carbocycles. The monoisotopic (exact) mass is 310 g/mol. The summed E-state index contributed by atoms with van der Waals surface area (Å²) in [6.07, 6.45) is -0.269. The summed E-state index contributed by atoms with van der Waals surface area (Å²) in [7, 11) is -1.26. The predicted octanol–water partition coefficient (Wildman–Crippen LogP) is 3.83. The Balaban J connectivity index is 2.57. The van der Waals surface area contributed by atoms with Gasteiger partial charge in [0.05, 0.1) is 13.3 Å². The molecule has 0 aromatic heterocycles. The second kappa shape index (κ2) is 6.39. The lowest BCUT2D eigenvalue weighted by atomic mass is 10.00. The van der Waals surface area contributed by atoms with Gasteiger partial charge in [0.1, 0.15) is 0 Å². The first kappa shape index (κ1) is 15.7. The molecule has 112 valence electrons. The maximum absolute atomic E-state index is 13.9. The van der Waals surface area contributed by atoms with Gasteiger partial charge in [0.15, 0.2) is 11.6 Å². The molecule has 2 rings (SSSR count). The van der Waals surface area contributed by atoms with E-state index in [2.05, 4.69) is 4.52 Å². The molecule has 0 saturated carbocycles. The zero-order chi connectivity index (χ0) is 15.5. The largest absolute Gasteiger partial charge is 0.494 e. The van der Waals surface area contributed by atoms with Crippen LogP contribution in [0.2, 0.25) is 0 Å². The van der Waals surface area contributed by atoms with Crippen LogP contribution >= 0.6 is 7.60 Å². The van der Waals surface area contributed by atoms with Crippen LogP contribution in [0.3, 0.4) is 0 Å². The Labute approximate surface area is 122 Å². The third-order valence-corrected chi connectivity index (χ3v) is 4.43. The summed E-state index contributed by atoms with van der Waals surface area (Å²) in [5.74, 6) is -0.494. The molecule has 1 atom stereocenters. The predicted molar refractivity (Wildman–Crippen MR) is 78.9 cm³/mol. The van der Waals surface area contributed by atoms with Gasteiger partial charge in [-0.05, 0) is 28.8 Å². The van der Waals surface area contributed by atoms with E-state index < -0.39 is 13.4 Å². The van der Waals surface area contributed by atoms with Gasteiger partial charge in [-0.2, -0.15) is 0 Å². The van der Waals surface area contributed by atoms with Crippen molar-refractivity contribution < 1.29 is 23.1 Å². The lowest BCUT2D eigenvalue weighted by Crippen LogP contribution is -1.97. The van der Waals surface area contributed by atoms with Gasteiger partial charge in [-0.15, -0.1) is 0 Å². The lowest BCUT2D eigenvalue weighted by Gasteiger charge is -2.15. The zero-order valence-corrected chi connectivity index (χ0v) is 12.6. The van der Waals surface area contributed by atoms with Crippen LogP contribution in [-0.2, 0) is 15.3 Å². The summed E-state index contributed by atoms with van der Waals surface area (Å²) >= 11 is 0. The minimum absolute atomic E-state index is 0.0859. The molecule has 1 N–H and O–H groups in total. The lowest BCUT2D eigenvalue weighted by molar-refractivity contribution is 0.314. The molecular weight excluding hydrogens is 294 g/mol. The first-order valence-electron chi connectivity index (χ1n) is 6.26. The second-order valence-corrected chi connectivity index (χ2v) is 6.44. The Morgan fingerprint density at radius 1 is 1.19 bits per heavy atom. The van der Waals surface area contributed by atoms with Crippen molar-refractivity contribution >= 4 is 7.60 Å². The molecule has 0 spiro atoms. The molecular formula is C15H16FO4P. The summed E-state index contributed by atoms with van der Waals surface area (Å²) in [6.45, 7) is 0. The van der Waals surface area contributed by atoms with Crippen LogP contribution in [0.25, 0.3) is 11.1 Å². The van der Waals surface area contributed by atoms with Crippen molar-refractivity contribution in [2.24, 2.45) is 0 Å². The number of methoxy groups -OCH3 is 1. The fourth-order valence-corrected chi connectivity index (χ4v) is 2.87. The molecule has 0 fully saturated rings. The fraction of sp³-hybridized carbons (Fsp3) is 0.200. The van der Waals surface area contributed by atoms with E-state index in [1.54, 1.807) is 0 Å². The van der Waals surface area contributed by atoms with Crippen molar-refractivity contribution in [3.63, 3.8) is 0 Å². The summed E-state index contributed by atoms with van der Waals surface area (Å²) in [4.78, 5) is 9.65. The summed E-state index contributed by atoms with van der Waals surface area (Å²) in [6, 6.07) is 11.9. The van der Waals surface area contributed by atoms with E-state index in [4.69, 9.17) is 4.74 Å². The molecule has 4 nitrogen and oxygen atoms in total. The normalized spacial score (nSPS) is 13.7. The van der Waals surface area contributed by atoms with Gasteiger partial charge in [-0.25, -0.2) is 4.39 Å². The number of rotatable bonds is 5. The zero-order valence-electron chi connectivity index (χ0n) is 11.7. The van der Waals surface area contributed by atoms with Gasteiger partial charge in [0, 0.05) is 7.11 Å². The molecule has 2 aromatic rings. The van der Waals surface area contributed by atoms with E-state index in [1.165, 1.54) is 19.2 Å². The van der Waals surface area contributed by atoms with E-state index in [9.17, 15) is 13.8 Å². The molecule has 0 bridgehead atoms. The third kappa shape index (κ3) is 3.70. The maximum Gasteiger partial charge on any atom is 0.332 e.